The number of esters is 1. The third-order valence-corrected chi connectivity index (χ3v) is 4.97. The summed E-state index contributed by atoms with van der Waals surface area (Å²) >= 11 is 3.03. The lowest BCUT2D eigenvalue weighted by atomic mass is 10.1. The molecule has 2 rings (SSSR count). The largest absolute Gasteiger partial charge is 0.463 e. The Bertz CT molecular complexity index is 583. The van der Waals surface area contributed by atoms with Gasteiger partial charge in [0.1, 0.15) is 4.34 Å². The Morgan fingerprint density at radius 3 is 2.95 bits per heavy atom. The molecule has 1 aliphatic rings. The van der Waals surface area contributed by atoms with Crippen LogP contribution < -0.4 is 10.6 Å². The summed E-state index contributed by atoms with van der Waals surface area (Å²) in [6, 6.07) is -0.673. The minimum atomic E-state index is -0.400. The number of aromatic nitrogens is 1. The summed E-state index contributed by atoms with van der Waals surface area (Å²) in [6.45, 7) is 5.75. The first-order valence-corrected chi connectivity index (χ1v) is 8.40. The predicted octanol–water partition coefficient (Wildman–Crippen LogP) is 2.06. The second kappa shape index (κ2) is 6.95. The Hall–Kier alpha value is -1.54. The maximum atomic E-state index is 12.0. The van der Waals surface area contributed by atoms with Crippen molar-refractivity contribution in [1.29, 1.82) is 0 Å². The summed E-state index contributed by atoms with van der Waals surface area (Å²) in [5.41, 5.74) is 2.02. The van der Waals surface area contributed by atoms with Gasteiger partial charge in [0.15, 0.2) is 0 Å². The first-order valence-electron chi connectivity index (χ1n) is 6.53. The van der Waals surface area contributed by atoms with Gasteiger partial charge in [-0.2, -0.15) is 0 Å². The van der Waals surface area contributed by atoms with Gasteiger partial charge in [-0.1, -0.05) is 11.8 Å². The van der Waals surface area contributed by atoms with Crippen LogP contribution in [0.25, 0.3) is 0 Å². The molecule has 1 aromatic rings. The highest BCUT2D eigenvalue weighted by atomic mass is 32.2. The van der Waals surface area contributed by atoms with Crippen LogP contribution in [0.4, 0.5) is 4.79 Å². The quantitative estimate of drug-likeness (QED) is 0.639. The van der Waals surface area contributed by atoms with E-state index in [0.29, 0.717) is 23.6 Å². The van der Waals surface area contributed by atoms with Gasteiger partial charge in [0.05, 0.1) is 18.2 Å². The summed E-state index contributed by atoms with van der Waals surface area (Å²) < 4.78 is 5.97. The zero-order valence-corrected chi connectivity index (χ0v) is 13.7. The molecule has 2 N–H and O–H groups in total. The Labute approximate surface area is 131 Å². The number of urea groups is 1. The molecule has 1 atom stereocenters. The zero-order chi connectivity index (χ0) is 15.4. The van der Waals surface area contributed by atoms with Crippen molar-refractivity contribution in [2.45, 2.75) is 31.2 Å². The third-order valence-electron chi connectivity index (χ3n) is 2.80. The van der Waals surface area contributed by atoms with Gasteiger partial charge in [-0.15, -0.1) is 11.3 Å². The molecule has 1 unspecified atom stereocenters. The van der Waals surface area contributed by atoms with Gasteiger partial charge in [-0.25, -0.2) is 14.6 Å². The average molecular weight is 327 g/mol. The second-order valence-corrected chi connectivity index (χ2v) is 6.56. The smallest absolute Gasteiger partial charge is 0.337 e. The molecule has 0 aliphatic carbocycles. The van der Waals surface area contributed by atoms with E-state index >= 15 is 0 Å². The van der Waals surface area contributed by atoms with Crippen molar-refractivity contribution in [1.82, 2.24) is 15.6 Å². The van der Waals surface area contributed by atoms with Crippen molar-refractivity contribution in [3.8, 4) is 0 Å². The van der Waals surface area contributed by atoms with Crippen LogP contribution in [0.5, 0.6) is 0 Å². The van der Waals surface area contributed by atoms with E-state index in [1.54, 1.807) is 25.2 Å². The second-order valence-electron chi connectivity index (χ2n) is 4.48. The normalized spacial score (nSPS) is 18.2. The highest BCUT2D eigenvalue weighted by Gasteiger charge is 2.29. The molecule has 0 bridgehead atoms. The molecule has 0 fully saturated rings. The van der Waals surface area contributed by atoms with E-state index in [1.807, 2.05) is 12.3 Å². The van der Waals surface area contributed by atoms with Gasteiger partial charge >= 0.3 is 12.0 Å². The predicted molar refractivity (Wildman–Crippen MR) is 82.4 cm³/mol. The fraction of sp³-hybridized carbons (Fsp3) is 0.462. The van der Waals surface area contributed by atoms with Crippen LogP contribution in [0.2, 0.25) is 0 Å². The first kappa shape index (κ1) is 15.8. The molecule has 0 radical (unpaired) electrons. The molecule has 1 aromatic heterocycles. The summed E-state index contributed by atoms with van der Waals surface area (Å²) in [5.74, 6) is 0.0715. The molecule has 2 amide bonds. The van der Waals surface area contributed by atoms with Crippen molar-refractivity contribution < 1.29 is 14.3 Å². The fourth-order valence-electron chi connectivity index (χ4n) is 1.93. The molecule has 8 heteroatoms. The number of aryl methyl sites for hydroxylation is 1. The van der Waals surface area contributed by atoms with Crippen molar-refractivity contribution in [2.24, 2.45) is 0 Å². The standard InChI is InChI=1S/C13H17N3O3S2/c1-4-19-11(17)10-8(3)15-12(18)16-9(10)6-21-13-14-7(2)5-20-13/h5,8H,4,6H2,1-3H3,(H2,15,16,18). The van der Waals surface area contributed by atoms with E-state index in [1.165, 1.54) is 11.8 Å². The van der Waals surface area contributed by atoms with Crippen LogP contribution in [0.1, 0.15) is 19.5 Å². The molecular formula is C13H17N3O3S2. The SMILES string of the molecule is CCOC(=O)C1=C(CSc2nc(C)cs2)NC(=O)NC1C. The number of carbonyl (C=O) groups excluding carboxylic acids is 2. The maximum absolute atomic E-state index is 12.0. The van der Waals surface area contributed by atoms with Crippen molar-refractivity contribution in [3.63, 3.8) is 0 Å². The summed E-state index contributed by atoms with van der Waals surface area (Å²) in [4.78, 5) is 28.0. The highest BCUT2D eigenvalue weighted by molar-refractivity contribution is 8.01. The van der Waals surface area contributed by atoms with Crippen molar-refractivity contribution in [3.05, 3.63) is 22.3 Å². The monoisotopic (exact) mass is 327 g/mol. The van der Waals surface area contributed by atoms with Crippen LogP contribution in [0.15, 0.2) is 21.0 Å². The third kappa shape index (κ3) is 3.98. The summed E-state index contributed by atoms with van der Waals surface area (Å²) in [7, 11) is 0. The molecular weight excluding hydrogens is 310 g/mol. The van der Waals surface area contributed by atoms with Gasteiger partial charge in [0.25, 0.3) is 0 Å². The first-order chi connectivity index (χ1) is 10.0. The Morgan fingerprint density at radius 2 is 2.33 bits per heavy atom. The Morgan fingerprint density at radius 1 is 1.57 bits per heavy atom. The Balaban J connectivity index is 2.18. The average Bonchev–Trinajstić information content (AvgIpc) is 2.81. The topological polar surface area (TPSA) is 80.3 Å². The molecule has 0 aromatic carbocycles. The number of nitrogens with one attached hydrogen (secondary N) is 2. The number of nitrogens with zero attached hydrogens (tertiary/aromatic N) is 1. The lowest BCUT2D eigenvalue weighted by Gasteiger charge is -2.26. The van der Waals surface area contributed by atoms with E-state index in [-0.39, 0.29) is 12.1 Å². The number of thiazole rings is 1. The van der Waals surface area contributed by atoms with E-state index in [2.05, 4.69) is 15.6 Å². The van der Waals surface area contributed by atoms with E-state index in [0.717, 1.165) is 10.0 Å². The van der Waals surface area contributed by atoms with Gasteiger partial charge in [-0.3, -0.25) is 0 Å². The van der Waals surface area contributed by atoms with Crippen LogP contribution in [0.3, 0.4) is 0 Å². The number of thioether (sulfide) groups is 1. The van der Waals surface area contributed by atoms with Gasteiger partial charge in [-0.05, 0) is 20.8 Å². The highest BCUT2D eigenvalue weighted by Crippen LogP contribution is 2.26. The van der Waals surface area contributed by atoms with Crippen molar-refractivity contribution >= 4 is 35.1 Å². The molecule has 21 heavy (non-hydrogen) atoms. The lowest BCUT2D eigenvalue weighted by molar-refractivity contribution is -0.138. The Kier molecular flexibility index (Phi) is 5.24. The van der Waals surface area contributed by atoms with Gasteiger partial charge < -0.3 is 15.4 Å². The van der Waals surface area contributed by atoms with E-state index < -0.39 is 5.97 Å². The van der Waals surface area contributed by atoms with Gasteiger partial charge in [0, 0.05) is 22.5 Å². The number of hydrogen-bond donors (Lipinski definition) is 2. The molecule has 0 saturated heterocycles. The van der Waals surface area contributed by atoms with Crippen LogP contribution in [-0.4, -0.2) is 35.4 Å². The number of hydrogen-bond acceptors (Lipinski definition) is 6. The molecule has 114 valence electrons. The van der Waals surface area contributed by atoms with E-state index in [4.69, 9.17) is 4.74 Å². The van der Waals surface area contributed by atoms with E-state index in [9.17, 15) is 9.59 Å². The van der Waals surface area contributed by atoms with Crippen LogP contribution in [0, 0.1) is 6.92 Å². The minimum Gasteiger partial charge on any atom is -0.463 e. The number of rotatable bonds is 5. The zero-order valence-electron chi connectivity index (χ0n) is 12.1. The number of ether oxygens (including phenoxy) is 1. The summed E-state index contributed by atoms with van der Waals surface area (Å²) in [5, 5.41) is 7.33. The molecule has 0 spiro atoms. The molecule has 0 saturated carbocycles. The number of amides is 2. The van der Waals surface area contributed by atoms with Gasteiger partial charge in [0.2, 0.25) is 0 Å². The fourth-order valence-corrected chi connectivity index (χ4v) is 3.74. The molecule has 6 nitrogen and oxygen atoms in total. The lowest BCUT2D eigenvalue weighted by Crippen LogP contribution is -2.49. The minimum absolute atomic E-state index is 0.301. The van der Waals surface area contributed by atoms with Crippen LogP contribution in [-0.2, 0) is 9.53 Å². The summed E-state index contributed by atoms with van der Waals surface area (Å²) in [6.07, 6.45) is 0. The molecule has 2 heterocycles. The number of carbonyl (C=O) groups is 2. The maximum Gasteiger partial charge on any atom is 0.337 e. The molecule has 1 aliphatic heterocycles. The van der Waals surface area contributed by atoms with Crippen molar-refractivity contribution in [2.75, 3.05) is 12.4 Å². The van der Waals surface area contributed by atoms with Crippen LogP contribution >= 0.6 is 23.1 Å².